The Bertz CT molecular complexity index is 889. The molecule has 0 aliphatic rings. The van der Waals surface area contributed by atoms with Crippen LogP contribution in [0.15, 0.2) is 30.5 Å². The molecule has 3 atom stereocenters. The van der Waals surface area contributed by atoms with Crippen LogP contribution in [0.3, 0.4) is 0 Å². The number of aromatic nitrogens is 1. The molecule has 170 valence electrons. The monoisotopic (exact) mass is 466 g/mol. The van der Waals surface area contributed by atoms with Gasteiger partial charge in [0.1, 0.15) is 12.1 Å². The molecule has 0 saturated heterocycles. The number of carbonyl (C=O) groups is 3. The minimum atomic E-state index is -1.13. The average molecular weight is 467 g/mol. The first-order valence-corrected chi connectivity index (χ1v) is 12.8. The lowest BCUT2D eigenvalue weighted by molar-refractivity contribution is -0.142. The molecule has 1 aromatic carbocycles. The summed E-state index contributed by atoms with van der Waals surface area (Å²) in [5, 5.41) is 15.9. The third kappa shape index (κ3) is 7.48. The van der Waals surface area contributed by atoms with Gasteiger partial charge in [-0.25, -0.2) is 4.79 Å². The number of nitrogens with one attached hydrogen (secondary N) is 3. The highest BCUT2D eigenvalue weighted by Crippen LogP contribution is 2.19. The molecule has 31 heavy (non-hydrogen) atoms. The van der Waals surface area contributed by atoms with Crippen LogP contribution < -0.4 is 16.4 Å². The number of H-pyrrole nitrogens is 1. The standard InChI is InChI=1S/C21H30N4O4S2/c1-30-9-7-15(22)19(26)24-17(8-10-31-2)20(27)25-18(21(28)29)11-13-12-23-16-6-4-3-5-14(13)16/h3-6,12,15,17-18,23H,7-11,22H2,1-2H3,(H,24,26)(H,25,27)(H,28,29). The van der Waals surface area contributed by atoms with Crippen LogP contribution >= 0.6 is 23.5 Å². The molecule has 0 spiro atoms. The summed E-state index contributed by atoms with van der Waals surface area (Å²) in [6.07, 6.45) is 6.60. The van der Waals surface area contributed by atoms with Crippen LogP contribution in [0.1, 0.15) is 18.4 Å². The van der Waals surface area contributed by atoms with E-state index in [-0.39, 0.29) is 6.42 Å². The van der Waals surface area contributed by atoms with Crippen LogP contribution in [0.2, 0.25) is 0 Å². The van der Waals surface area contributed by atoms with Crippen LogP contribution in [0.25, 0.3) is 10.9 Å². The van der Waals surface area contributed by atoms with Crippen molar-refractivity contribution >= 4 is 52.2 Å². The largest absolute Gasteiger partial charge is 0.480 e. The van der Waals surface area contributed by atoms with Crippen LogP contribution in [-0.4, -0.2) is 70.0 Å². The first kappa shape index (κ1) is 25.1. The fourth-order valence-electron chi connectivity index (χ4n) is 3.15. The Labute approximate surface area is 190 Å². The van der Waals surface area contributed by atoms with Crippen LogP contribution in [0, 0.1) is 0 Å². The number of aliphatic carboxylic acids is 1. The number of benzene rings is 1. The summed E-state index contributed by atoms with van der Waals surface area (Å²) in [5.41, 5.74) is 7.61. The zero-order chi connectivity index (χ0) is 22.8. The number of nitrogens with two attached hydrogens (primary N) is 1. The fourth-order valence-corrected chi connectivity index (χ4v) is 4.11. The normalized spacial score (nSPS) is 14.0. The molecule has 0 aliphatic heterocycles. The van der Waals surface area contributed by atoms with Gasteiger partial charge in [0, 0.05) is 23.5 Å². The number of rotatable bonds is 13. The van der Waals surface area contributed by atoms with Crippen molar-refractivity contribution in [2.24, 2.45) is 5.73 Å². The summed E-state index contributed by atoms with van der Waals surface area (Å²) >= 11 is 3.13. The molecule has 0 saturated carbocycles. The molecule has 3 unspecified atom stereocenters. The Morgan fingerprint density at radius 1 is 1.03 bits per heavy atom. The SMILES string of the molecule is CSCCC(N)C(=O)NC(CCSC)C(=O)NC(Cc1c[nH]c2ccccc12)C(=O)O. The maximum Gasteiger partial charge on any atom is 0.326 e. The maximum absolute atomic E-state index is 12.9. The van der Waals surface area contributed by atoms with Crippen molar-refractivity contribution in [3.63, 3.8) is 0 Å². The van der Waals surface area contributed by atoms with E-state index in [9.17, 15) is 19.5 Å². The molecule has 6 N–H and O–H groups in total. The second-order valence-electron chi connectivity index (χ2n) is 7.19. The van der Waals surface area contributed by atoms with E-state index >= 15 is 0 Å². The van der Waals surface area contributed by atoms with Crippen molar-refractivity contribution in [2.75, 3.05) is 24.0 Å². The van der Waals surface area contributed by atoms with Crippen LogP contribution in [-0.2, 0) is 20.8 Å². The molecule has 0 bridgehead atoms. The van der Waals surface area contributed by atoms with Crippen molar-refractivity contribution in [3.05, 3.63) is 36.0 Å². The summed E-state index contributed by atoms with van der Waals surface area (Å²) in [4.78, 5) is 40.2. The van der Waals surface area contributed by atoms with E-state index in [2.05, 4.69) is 15.6 Å². The van der Waals surface area contributed by atoms with Crippen molar-refractivity contribution < 1.29 is 19.5 Å². The first-order chi connectivity index (χ1) is 14.9. The molecular formula is C21H30N4O4S2. The third-order valence-electron chi connectivity index (χ3n) is 4.93. The smallest absolute Gasteiger partial charge is 0.326 e. The lowest BCUT2D eigenvalue weighted by atomic mass is 10.0. The molecule has 2 aromatic rings. The minimum absolute atomic E-state index is 0.127. The highest BCUT2D eigenvalue weighted by molar-refractivity contribution is 7.98. The molecule has 2 amide bonds. The van der Waals surface area contributed by atoms with E-state index in [4.69, 9.17) is 5.73 Å². The highest BCUT2D eigenvalue weighted by atomic mass is 32.2. The topological polar surface area (TPSA) is 137 Å². The molecule has 10 heteroatoms. The van der Waals surface area contributed by atoms with Gasteiger partial charge < -0.3 is 26.5 Å². The lowest BCUT2D eigenvalue weighted by Crippen LogP contribution is -2.55. The second kappa shape index (κ2) is 12.6. The summed E-state index contributed by atoms with van der Waals surface area (Å²) in [6, 6.07) is 4.90. The van der Waals surface area contributed by atoms with Gasteiger partial charge >= 0.3 is 5.97 Å². The Hall–Kier alpha value is -2.17. The predicted molar refractivity (Wildman–Crippen MR) is 127 cm³/mol. The maximum atomic E-state index is 12.9. The zero-order valence-corrected chi connectivity index (χ0v) is 19.4. The number of carbonyl (C=O) groups excluding carboxylic acids is 2. The third-order valence-corrected chi connectivity index (χ3v) is 6.21. The number of amides is 2. The number of fused-ring (bicyclic) bond motifs is 1. The molecule has 8 nitrogen and oxygen atoms in total. The highest BCUT2D eigenvalue weighted by Gasteiger charge is 2.28. The number of aromatic amines is 1. The van der Waals surface area contributed by atoms with Crippen LogP contribution in [0.4, 0.5) is 0 Å². The van der Waals surface area contributed by atoms with E-state index in [0.29, 0.717) is 18.6 Å². The number of thioether (sulfide) groups is 2. The molecule has 2 rings (SSSR count). The van der Waals surface area contributed by atoms with Crippen LogP contribution in [0.5, 0.6) is 0 Å². The predicted octanol–water partition coefficient (Wildman–Crippen LogP) is 1.60. The van der Waals surface area contributed by atoms with Gasteiger partial charge in [-0.15, -0.1) is 0 Å². The van der Waals surface area contributed by atoms with E-state index < -0.39 is 35.9 Å². The van der Waals surface area contributed by atoms with Gasteiger partial charge in [0.25, 0.3) is 0 Å². The number of hydrogen-bond acceptors (Lipinski definition) is 6. The van der Waals surface area contributed by atoms with Crippen molar-refractivity contribution in [3.8, 4) is 0 Å². The van der Waals surface area contributed by atoms with Gasteiger partial charge in [0.2, 0.25) is 11.8 Å². The van der Waals surface area contributed by atoms with Crippen molar-refractivity contribution in [2.45, 2.75) is 37.4 Å². The van der Waals surface area contributed by atoms with Gasteiger partial charge in [0.15, 0.2) is 0 Å². The molecule has 1 heterocycles. The first-order valence-electron chi connectivity index (χ1n) is 9.99. The summed E-state index contributed by atoms with van der Waals surface area (Å²) < 4.78 is 0. The van der Waals surface area contributed by atoms with E-state index in [1.807, 2.05) is 36.8 Å². The second-order valence-corrected chi connectivity index (χ2v) is 9.16. The minimum Gasteiger partial charge on any atom is -0.480 e. The van der Waals surface area contributed by atoms with E-state index in [0.717, 1.165) is 22.2 Å². The quantitative estimate of drug-likeness (QED) is 0.302. The van der Waals surface area contributed by atoms with E-state index in [1.54, 1.807) is 29.7 Å². The van der Waals surface area contributed by atoms with Gasteiger partial charge in [-0.2, -0.15) is 23.5 Å². The summed E-state index contributed by atoms with van der Waals surface area (Å²) in [6.45, 7) is 0. The van der Waals surface area contributed by atoms with Crippen molar-refractivity contribution in [1.29, 1.82) is 0 Å². The summed E-state index contributed by atoms with van der Waals surface area (Å²) in [7, 11) is 0. The average Bonchev–Trinajstić information content (AvgIpc) is 3.16. The van der Waals surface area contributed by atoms with Gasteiger partial charge in [-0.3, -0.25) is 9.59 Å². The fraction of sp³-hybridized carbons (Fsp3) is 0.476. The number of carboxylic acid groups (broad SMARTS) is 1. The molecule has 1 aromatic heterocycles. The molecule has 0 aliphatic carbocycles. The lowest BCUT2D eigenvalue weighted by Gasteiger charge is -2.22. The zero-order valence-electron chi connectivity index (χ0n) is 17.7. The Balaban J connectivity index is 2.08. The summed E-state index contributed by atoms with van der Waals surface area (Å²) in [5.74, 6) is -0.684. The van der Waals surface area contributed by atoms with Gasteiger partial charge in [-0.05, 0) is 48.5 Å². The molecular weight excluding hydrogens is 436 g/mol. The number of hydrogen-bond donors (Lipinski definition) is 5. The number of para-hydroxylation sites is 1. The number of carboxylic acids is 1. The van der Waals surface area contributed by atoms with Gasteiger partial charge in [-0.1, -0.05) is 18.2 Å². The van der Waals surface area contributed by atoms with Gasteiger partial charge in [0.05, 0.1) is 6.04 Å². The Morgan fingerprint density at radius 3 is 2.35 bits per heavy atom. The Kier molecular flexibility index (Phi) is 10.2. The molecule has 0 fully saturated rings. The van der Waals surface area contributed by atoms with E-state index in [1.165, 1.54) is 0 Å². The Morgan fingerprint density at radius 2 is 1.68 bits per heavy atom. The van der Waals surface area contributed by atoms with Crippen molar-refractivity contribution in [1.82, 2.24) is 15.6 Å². The molecule has 0 radical (unpaired) electrons.